The first-order chi connectivity index (χ1) is 10.1. The summed E-state index contributed by atoms with van der Waals surface area (Å²) in [7, 11) is 0. The summed E-state index contributed by atoms with van der Waals surface area (Å²) in [6.07, 6.45) is 3.75. The normalized spacial score (nSPS) is 19.7. The Bertz CT molecular complexity index is 475. The van der Waals surface area contributed by atoms with Gasteiger partial charge in [-0.15, -0.1) is 11.3 Å². The van der Waals surface area contributed by atoms with E-state index in [2.05, 4.69) is 24.2 Å². The molecule has 0 aliphatic carbocycles. The van der Waals surface area contributed by atoms with Crippen LogP contribution in [0.15, 0.2) is 6.07 Å². The summed E-state index contributed by atoms with van der Waals surface area (Å²) in [4.78, 5) is 15.9. The monoisotopic (exact) mass is 311 g/mol. The van der Waals surface area contributed by atoms with Gasteiger partial charge in [0.05, 0.1) is 11.0 Å². The van der Waals surface area contributed by atoms with Crippen LogP contribution in [0.25, 0.3) is 0 Å². The second-order valence-corrected chi connectivity index (χ2v) is 6.79. The summed E-state index contributed by atoms with van der Waals surface area (Å²) in [5, 5.41) is 0. The number of nitrogens with one attached hydrogen (secondary N) is 1. The number of nitrogen functional groups attached to an aromatic ring is 1. The standard InChI is InChI=1S/C15H25N3O2S/c1-3-7-20-13-5-4-6-18(10-13)9-12-8-14(15(19)17-16)21-11(12)2/h8,13H,3-7,9-10,16H2,1-2H3,(H,17,19). The molecule has 2 rings (SSSR count). The van der Waals surface area contributed by atoms with Gasteiger partial charge in [-0.3, -0.25) is 15.1 Å². The maximum absolute atomic E-state index is 11.6. The summed E-state index contributed by atoms with van der Waals surface area (Å²) < 4.78 is 5.87. The van der Waals surface area contributed by atoms with E-state index in [1.54, 1.807) is 0 Å². The lowest BCUT2D eigenvalue weighted by Crippen LogP contribution is -2.39. The highest BCUT2D eigenvalue weighted by Gasteiger charge is 2.21. The van der Waals surface area contributed by atoms with E-state index in [0.717, 1.165) is 39.1 Å². The Hall–Kier alpha value is -0.950. The van der Waals surface area contributed by atoms with E-state index in [9.17, 15) is 4.79 Å². The van der Waals surface area contributed by atoms with Crippen LogP contribution in [0.3, 0.4) is 0 Å². The third-order valence-electron chi connectivity index (χ3n) is 3.79. The van der Waals surface area contributed by atoms with Gasteiger partial charge >= 0.3 is 0 Å². The van der Waals surface area contributed by atoms with Gasteiger partial charge in [-0.1, -0.05) is 6.92 Å². The number of piperidine rings is 1. The van der Waals surface area contributed by atoms with Crippen LogP contribution in [0.4, 0.5) is 0 Å². The van der Waals surface area contributed by atoms with Crippen LogP contribution in [-0.2, 0) is 11.3 Å². The van der Waals surface area contributed by atoms with E-state index >= 15 is 0 Å². The third-order valence-corrected chi connectivity index (χ3v) is 4.88. The number of hydrogen-bond donors (Lipinski definition) is 2. The van der Waals surface area contributed by atoms with Crippen molar-refractivity contribution >= 4 is 17.2 Å². The first kappa shape index (κ1) is 16.4. The molecule has 3 N–H and O–H groups in total. The van der Waals surface area contributed by atoms with Gasteiger partial charge in [0.15, 0.2) is 0 Å². The lowest BCUT2D eigenvalue weighted by atomic mass is 10.1. The van der Waals surface area contributed by atoms with E-state index in [1.807, 2.05) is 6.07 Å². The first-order valence-electron chi connectivity index (χ1n) is 7.58. The molecule has 1 unspecified atom stereocenters. The molecule has 21 heavy (non-hydrogen) atoms. The second kappa shape index (κ2) is 7.89. The fraction of sp³-hybridized carbons (Fsp3) is 0.667. The number of rotatable bonds is 6. The smallest absolute Gasteiger partial charge is 0.275 e. The molecule has 6 heteroatoms. The lowest BCUT2D eigenvalue weighted by molar-refractivity contribution is -0.00224. The Balaban J connectivity index is 1.94. The van der Waals surface area contributed by atoms with Gasteiger partial charge < -0.3 is 4.74 Å². The van der Waals surface area contributed by atoms with Crippen molar-refractivity contribution in [2.45, 2.75) is 45.8 Å². The molecule has 1 aromatic rings. The van der Waals surface area contributed by atoms with Crippen molar-refractivity contribution in [1.82, 2.24) is 10.3 Å². The number of thiophene rings is 1. The third kappa shape index (κ3) is 4.51. The van der Waals surface area contributed by atoms with Gasteiger partial charge in [-0.2, -0.15) is 0 Å². The number of ether oxygens (including phenoxy) is 1. The largest absolute Gasteiger partial charge is 0.377 e. The van der Waals surface area contributed by atoms with Crippen molar-refractivity contribution < 1.29 is 9.53 Å². The van der Waals surface area contributed by atoms with Crippen LogP contribution in [-0.4, -0.2) is 36.6 Å². The zero-order chi connectivity index (χ0) is 15.2. The van der Waals surface area contributed by atoms with Crippen molar-refractivity contribution in [2.75, 3.05) is 19.7 Å². The van der Waals surface area contributed by atoms with Gasteiger partial charge in [-0.25, -0.2) is 5.84 Å². The summed E-state index contributed by atoms with van der Waals surface area (Å²) in [6.45, 7) is 8.00. The molecule has 0 bridgehead atoms. The summed E-state index contributed by atoms with van der Waals surface area (Å²) in [5.74, 6) is 4.98. The lowest BCUT2D eigenvalue weighted by Gasteiger charge is -2.32. The highest BCUT2D eigenvalue weighted by molar-refractivity contribution is 7.14. The van der Waals surface area contributed by atoms with Crippen LogP contribution in [0, 0.1) is 6.92 Å². The summed E-state index contributed by atoms with van der Waals surface area (Å²) in [5.41, 5.74) is 3.41. The van der Waals surface area contributed by atoms with Crippen LogP contribution < -0.4 is 11.3 Å². The van der Waals surface area contributed by atoms with E-state index in [-0.39, 0.29) is 5.91 Å². The van der Waals surface area contributed by atoms with E-state index in [0.29, 0.717) is 11.0 Å². The molecule has 1 aromatic heterocycles. The van der Waals surface area contributed by atoms with E-state index < -0.39 is 0 Å². The predicted molar refractivity (Wildman–Crippen MR) is 85.3 cm³/mol. The van der Waals surface area contributed by atoms with Crippen LogP contribution >= 0.6 is 11.3 Å². The number of hydrazine groups is 1. The van der Waals surface area contributed by atoms with Crippen molar-refractivity contribution in [3.63, 3.8) is 0 Å². The number of carbonyl (C=O) groups is 1. The average molecular weight is 311 g/mol. The minimum Gasteiger partial charge on any atom is -0.377 e. The van der Waals surface area contributed by atoms with Gasteiger partial charge in [0.25, 0.3) is 5.91 Å². The molecule has 1 saturated heterocycles. The van der Waals surface area contributed by atoms with Gasteiger partial charge in [0.1, 0.15) is 0 Å². The number of carbonyl (C=O) groups excluding carboxylic acids is 1. The van der Waals surface area contributed by atoms with Gasteiger partial charge in [0.2, 0.25) is 0 Å². The highest BCUT2D eigenvalue weighted by Crippen LogP contribution is 2.24. The Labute approximate surface area is 130 Å². The number of amides is 1. The second-order valence-electron chi connectivity index (χ2n) is 5.54. The van der Waals surface area contributed by atoms with Crippen LogP contribution in [0.1, 0.15) is 46.3 Å². The Morgan fingerprint density at radius 1 is 1.62 bits per heavy atom. The zero-order valence-corrected chi connectivity index (χ0v) is 13.7. The van der Waals surface area contributed by atoms with Gasteiger partial charge in [0, 0.05) is 24.6 Å². The number of hydrogen-bond acceptors (Lipinski definition) is 5. The molecule has 1 fully saturated rings. The van der Waals surface area contributed by atoms with Gasteiger partial charge in [-0.05, 0) is 44.4 Å². The average Bonchev–Trinajstić information content (AvgIpc) is 2.86. The van der Waals surface area contributed by atoms with E-state index in [4.69, 9.17) is 10.6 Å². The molecular weight excluding hydrogens is 286 g/mol. The quantitative estimate of drug-likeness (QED) is 0.479. The maximum atomic E-state index is 11.6. The topological polar surface area (TPSA) is 67.6 Å². The molecule has 0 spiro atoms. The number of nitrogens with zero attached hydrogens (tertiary/aromatic N) is 1. The fourth-order valence-electron chi connectivity index (χ4n) is 2.68. The molecule has 2 heterocycles. The zero-order valence-electron chi connectivity index (χ0n) is 12.9. The fourth-order valence-corrected chi connectivity index (χ4v) is 3.62. The van der Waals surface area contributed by atoms with Crippen molar-refractivity contribution in [2.24, 2.45) is 5.84 Å². The SMILES string of the molecule is CCCOC1CCCN(Cc2cc(C(=O)NN)sc2C)C1. The molecule has 1 atom stereocenters. The van der Waals surface area contributed by atoms with Crippen LogP contribution in [0.2, 0.25) is 0 Å². The van der Waals surface area contributed by atoms with Crippen molar-refractivity contribution in [1.29, 1.82) is 0 Å². The predicted octanol–water partition coefficient (Wildman–Crippen LogP) is 2.05. The van der Waals surface area contributed by atoms with Crippen LogP contribution in [0.5, 0.6) is 0 Å². The molecule has 0 radical (unpaired) electrons. The maximum Gasteiger partial charge on any atom is 0.275 e. The Morgan fingerprint density at radius 3 is 3.14 bits per heavy atom. The molecule has 1 aliphatic rings. The molecule has 118 valence electrons. The number of likely N-dealkylation sites (tertiary alicyclic amines) is 1. The van der Waals surface area contributed by atoms with Crippen molar-refractivity contribution in [3.05, 3.63) is 21.4 Å². The first-order valence-corrected chi connectivity index (χ1v) is 8.40. The van der Waals surface area contributed by atoms with Crippen molar-refractivity contribution in [3.8, 4) is 0 Å². The molecule has 1 aliphatic heterocycles. The Kier molecular flexibility index (Phi) is 6.17. The molecule has 0 aromatic carbocycles. The minimum atomic E-state index is -0.211. The molecule has 0 saturated carbocycles. The highest BCUT2D eigenvalue weighted by atomic mass is 32.1. The summed E-state index contributed by atoms with van der Waals surface area (Å²) in [6, 6.07) is 1.96. The van der Waals surface area contributed by atoms with E-state index in [1.165, 1.54) is 28.2 Å². The minimum absolute atomic E-state index is 0.211. The summed E-state index contributed by atoms with van der Waals surface area (Å²) >= 11 is 1.50. The molecular formula is C15H25N3O2S. The molecule has 5 nitrogen and oxygen atoms in total. The Morgan fingerprint density at radius 2 is 2.43 bits per heavy atom. The number of aryl methyl sites for hydroxylation is 1. The molecule has 1 amide bonds. The number of nitrogens with two attached hydrogens (primary N) is 1.